The molecular weight excluding hydrogens is 276 g/mol. The van der Waals surface area contributed by atoms with Gasteiger partial charge in [-0.05, 0) is 56.3 Å². The lowest BCUT2D eigenvalue weighted by atomic mass is 10.1. The minimum atomic E-state index is -3.62. The van der Waals surface area contributed by atoms with Gasteiger partial charge in [0.2, 0.25) is 10.0 Å². The van der Waals surface area contributed by atoms with Gasteiger partial charge in [0.15, 0.2) is 0 Å². The Balaban J connectivity index is 1.91. The Labute approximate surface area is 120 Å². The first-order valence-corrected chi connectivity index (χ1v) is 8.45. The zero-order chi connectivity index (χ0) is 14.8. The SMILES string of the molecule is CC(NCC1CCC(O)C1)c1ccc(S(N)(=O)=O)cc1. The van der Waals surface area contributed by atoms with Crippen LogP contribution in [0.25, 0.3) is 0 Å². The number of rotatable bonds is 5. The van der Waals surface area contributed by atoms with Crippen molar-refractivity contribution in [1.82, 2.24) is 5.32 Å². The van der Waals surface area contributed by atoms with Crippen LogP contribution in [0.4, 0.5) is 0 Å². The summed E-state index contributed by atoms with van der Waals surface area (Å²) in [4.78, 5) is 0.132. The van der Waals surface area contributed by atoms with Gasteiger partial charge in [-0.15, -0.1) is 0 Å². The van der Waals surface area contributed by atoms with Crippen LogP contribution in [0, 0.1) is 5.92 Å². The highest BCUT2D eigenvalue weighted by Crippen LogP contribution is 2.25. The predicted octanol–water partition coefficient (Wildman–Crippen LogP) is 1.15. The highest BCUT2D eigenvalue weighted by molar-refractivity contribution is 7.89. The summed E-state index contributed by atoms with van der Waals surface area (Å²) in [5, 5.41) is 18.0. The zero-order valence-corrected chi connectivity index (χ0v) is 12.4. The van der Waals surface area contributed by atoms with E-state index in [-0.39, 0.29) is 17.0 Å². The number of nitrogens with two attached hydrogens (primary N) is 1. The highest BCUT2D eigenvalue weighted by atomic mass is 32.2. The first kappa shape index (κ1) is 15.4. The number of aliphatic hydroxyl groups excluding tert-OH is 1. The van der Waals surface area contributed by atoms with Gasteiger partial charge in [-0.3, -0.25) is 0 Å². The maximum absolute atomic E-state index is 11.2. The minimum absolute atomic E-state index is 0.132. The van der Waals surface area contributed by atoms with E-state index in [1.165, 1.54) is 12.1 Å². The molecule has 0 spiro atoms. The monoisotopic (exact) mass is 298 g/mol. The van der Waals surface area contributed by atoms with Gasteiger partial charge in [-0.1, -0.05) is 12.1 Å². The smallest absolute Gasteiger partial charge is 0.238 e. The molecule has 0 radical (unpaired) electrons. The molecule has 0 saturated heterocycles. The quantitative estimate of drug-likeness (QED) is 0.760. The number of nitrogens with one attached hydrogen (secondary N) is 1. The van der Waals surface area contributed by atoms with Crippen LogP contribution in [-0.4, -0.2) is 26.2 Å². The Morgan fingerprint density at radius 3 is 2.50 bits per heavy atom. The molecule has 0 amide bonds. The zero-order valence-electron chi connectivity index (χ0n) is 11.6. The first-order chi connectivity index (χ1) is 9.36. The maximum atomic E-state index is 11.2. The van der Waals surface area contributed by atoms with E-state index >= 15 is 0 Å². The summed E-state index contributed by atoms with van der Waals surface area (Å²) in [5.41, 5.74) is 1.02. The Hall–Kier alpha value is -0.950. The van der Waals surface area contributed by atoms with Crippen LogP contribution in [-0.2, 0) is 10.0 Å². The fourth-order valence-electron chi connectivity index (χ4n) is 2.64. The van der Waals surface area contributed by atoms with Crippen LogP contribution >= 0.6 is 0 Å². The molecule has 0 heterocycles. The highest BCUT2D eigenvalue weighted by Gasteiger charge is 2.22. The van der Waals surface area contributed by atoms with Crippen LogP contribution in [0.2, 0.25) is 0 Å². The van der Waals surface area contributed by atoms with Crippen LogP contribution in [0.15, 0.2) is 29.2 Å². The molecule has 1 aromatic rings. The first-order valence-electron chi connectivity index (χ1n) is 6.90. The molecule has 1 aliphatic rings. The second-order valence-electron chi connectivity index (χ2n) is 5.58. The minimum Gasteiger partial charge on any atom is -0.393 e. The number of hydrogen-bond acceptors (Lipinski definition) is 4. The third-order valence-electron chi connectivity index (χ3n) is 3.93. The molecule has 0 aromatic heterocycles. The second kappa shape index (κ2) is 6.22. The van der Waals surface area contributed by atoms with Gasteiger partial charge in [0.1, 0.15) is 0 Å². The molecule has 6 heteroatoms. The fraction of sp³-hybridized carbons (Fsp3) is 0.571. The lowest BCUT2D eigenvalue weighted by Crippen LogP contribution is -2.25. The molecule has 20 heavy (non-hydrogen) atoms. The third kappa shape index (κ3) is 4.02. The van der Waals surface area contributed by atoms with Crippen LogP contribution in [0.3, 0.4) is 0 Å². The van der Waals surface area contributed by atoms with Gasteiger partial charge in [-0.25, -0.2) is 13.6 Å². The molecule has 2 rings (SSSR count). The predicted molar refractivity (Wildman–Crippen MR) is 77.6 cm³/mol. The number of aliphatic hydroxyl groups is 1. The molecule has 1 aromatic carbocycles. The van der Waals surface area contributed by atoms with Crippen molar-refractivity contribution in [3.8, 4) is 0 Å². The number of primary sulfonamides is 1. The van der Waals surface area contributed by atoms with Gasteiger partial charge < -0.3 is 10.4 Å². The van der Waals surface area contributed by atoms with Crippen molar-refractivity contribution in [2.75, 3.05) is 6.54 Å². The summed E-state index contributed by atoms with van der Waals surface area (Å²) in [6.07, 6.45) is 2.67. The van der Waals surface area contributed by atoms with Gasteiger partial charge in [0, 0.05) is 6.04 Å². The Bertz CT molecular complexity index is 542. The lowest BCUT2D eigenvalue weighted by molar-refractivity contribution is 0.177. The van der Waals surface area contributed by atoms with E-state index in [2.05, 4.69) is 5.32 Å². The molecule has 4 N–H and O–H groups in total. The molecule has 3 atom stereocenters. The molecule has 1 aliphatic carbocycles. The van der Waals surface area contributed by atoms with E-state index in [0.29, 0.717) is 5.92 Å². The normalized spacial score (nSPS) is 24.8. The number of benzene rings is 1. The molecule has 1 saturated carbocycles. The van der Waals surface area contributed by atoms with Crippen molar-refractivity contribution in [1.29, 1.82) is 0 Å². The third-order valence-corrected chi connectivity index (χ3v) is 4.86. The van der Waals surface area contributed by atoms with Gasteiger partial charge >= 0.3 is 0 Å². The average Bonchev–Trinajstić information content (AvgIpc) is 2.81. The van der Waals surface area contributed by atoms with Crippen molar-refractivity contribution in [3.63, 3.8) is 0 Å². The maximum Gasteiger partial charge on any atom is 0.238 e. The van der Waals surface area contributed by atoms with Crippen molar-refractivity contribution in [2.45, 2.75) is 43.2 Å². The van der Waals surface area contributed by atoms with E-state index in [4.69, 9.17) is 5.14 Å². The fourth-order valence-corrected chi connectivity index (χ4v) is 3.16. The Morgan fingerprint density at radius 2 is 2.00 bits per heavy atom. The van der Waals surface area contributed by atoms with Crippen LogP contribution in [0.5, 0.6) is 0 Å². The van der Waals surface area contributed by atoms with Crippen LogP contribution in [0.1, 0.15) is 37.8 Å². The molecule has 0 aliphatic heterocycles. The standard InChI is InChI=1S/C14H22N2O3S/c1-10(16-9-11-2-5-13(17)8-11)12-3-6-14(7-4-12)20(15,18)19/h3-4,6-7,10-11,13,16-17H,2,5,8-9H2,1H3,(H2,15,18,19). The van der Waals surface area contributed by atoms with Gasteiger partial charge in [0.05, 0.1) is 11.0 Å². The molecule has 112 valence electrons. The summed E-state index contributed by atoms with van der Waals surface area (Å²) < 4.78 is 22.4. The van der Waals surface area contributed by atoms with E-state index in [9.17, 15) is 13.5 Å². The van der Waals surface area contributed by atoms with Gasteiger partial charge in [0.25, 0.3) is 0 Å². The molecule has 0 bridgehead atoms. The van der Waals surface area contributed by atoms with E-state index in [1.807, 2.05) is 6.92 Å². The van der Waals surface area contributed by atoms with Crippen molar-refractivity contribution in [3.05, 3.63) is 29.8 Å². The van der Waals surface area contributed by atoms with E-state index < -0.39 is 10.0 Å². The van der Waals surface area contributed by atoms with Crippen molar-refractivity contribution >= 4 is 10.0 Å². The number of sulfonamides is 1. The number of hydrogen-bond donors (Lipinski definition) is 3. The Morgan fingerprint density at radius 1 is 1.35 bits per heavy atom. The van der Waals surface area contributed by atoms with Gasteiger partial charge in [-0.2, -0.15) is 0 Å². The lowest BCUT2D eigenvalue weighted by Gasteiger charge is -2.17. The summed E-state index contributed by atoms with van der Waals surface area (Å²) in [6.45, 7) is 2.91. The summed E-state index contributed by atoms with van der Waals surface area (Å²) >= 11 is 0. The topological polar surface area (TPSA) is 92.4 Å². The van der Waals surface area contributed by atoms with E-state index in [1.54, 1.807) is 12.1 Å². The Kier molecular flexibility index (Phi) is 4.80. The van der Waals surface area contributed by atoms with Crippen LogP contribution < -0.4 is 10.5 Å². The van der Waals surface area contributed by atoms with E-state index in [0.717, 1.165) is 31.4 Å². The molecule has 1 fully saturated rings. The largest absolute Gasteiger partial charge is 0.393 e. The summed E-state index contributed by atoms with van der Waals surface area (Å²) in [6, 6.07) is 6.76. The molecule has 3 unspecified atom stereocenters. The second-order valence-corrected chi connectivity index (χ2v) is 7.14. The van der Waals surface area contributed by atoms with Crippen molar-refractivity contribution in [2.24, 2.45) is 11.1 Å². The summed E-state index contributed by atoms with van der Waals surface area (Å²) in [7, 11) is -3.62. The van der Waals surface area contributed by atoms with Crippen molar-refractivity contribution < 1.29 is 13.5 Å². The molecule has 5 nitrogen and oxygen atoms in total. The average molecular weight is 298 g/mol. The summed E-state index contributed by atoms with van der Waals surface area (Å²) in [5.74, 6) is 0.524. The molecular formula is C14H22N2O3S.